The molecule has 2 fully saturated rings. The molecule has 18 heavy (non-hydrogen) atoms. The SMILES string of the molecule is CC1OC(C)C(C(=O)NCC2(CCCl)CC2)C1C. The zero-order chi connectivity index (χ0) is 13.3. The van der Waals surface area contributed by atoms with Crippen LogP contribution >= 0.6 is 11.6 Å². The van der Waals surface area contributed by atoms with Crippen LogP contribution in [0.1, 0.15) is 40.0 Å². The maximum absolute atomic E-state index is 12.3. The molecule has 0 radical (unpaired) electrons. The zero-order valence-electron chi connectivity index (χ0n) is 11.5. The van der Waals surface area contributed by atoms with Gasteiger partial charge in [-0.2, -0.15) is 0 Å². The largest absolute Gasteiger partial charge is 0.374 e. The minimum Gasteiger partial charge on any atom is -0.374 e. The normalized spacial score (nSPS) is 37.6. The van der Waals surface area contributed by atoms with Crippen molar-refractivity contribution in [1.82, 2.24) is 5.32 Å². The first-order valence-corrected chi connectivity index (χ1v) is 7.52. The monoisotopic (exact) mass is 273 g/mol. The first kappa shape index (κ1) is 14.1. The third-order valence-electron chi connectivity index (χ3n) is 4.76. The van der Waals surface area contributed by atoms with Crippen molar-refractivity contribution in [2.24, 2.45) is 17.3 Å². The van der Waals surface area contributed by atoms with Gasteiger partial charge in [0.1, 0.15) is 0 Å². The number of carbonyl (C=O) groups excluding carboxylic acids is 1. The van der Waals surface area contributed by atoms with Crippen LogP contribution in [-0.2, 0) is 9.53 Å². The molecule has 0 aromatic heterocycles. The fourth-order valence-corrected chi connectivity index (χ4v) is 3.40. The highest BCUT2D eigenvalue weighted by Gasteiger charge is 2.45. The molecule has 0 aromatic rings. The summed E-state index contributed by atoms with van der Waals surface area (Å²) in [5, 5.41) is 3.12. The van der Waals surface area contributed by atoms with E-state index in [2.05, 4.69) is 12.2 Å². The van der Waals surface area contributed by atoms with Crippen molar-refractivity contribution in [2.45, 2.75) is 52.2 Å². The molecular weight excluding hydrogens is 250 g/mol. The molecule has 1 saturated heterocycles. The van der Waals surface area contributed by atoms with Gasteiger partial charge in [0.2, 0.25) is 5.91 Å². The average Bonchev–Trinajstić information content (AvgIpc) is 3.02. The van der Waals surface area contributed by atoms with Crippen LogP contribution in [0.25, 0.3) is 0 Å². The molecule has 0 bridgehead atoms. The van der Waals surface area contributed by atoms with Gasteiger partial charge < -0.3 is 10.1 Å². The maximum Gasteiger partial charge on any atom is 0.226 e. The number of hydrogen-bond donors (Lipinski definition) is 1. The number of amides is 1. The second kappa shape index (κ2) is 5.38. The smallest absolute Gasteiger partial charge is 0.226 e. The van der Waals surface area contributed by atoms with E-state index in [1.54, 1.807) is 0 Å². The number of ether oxygens (including phenoxy) is 1. The molecule has 1 amide bonds. The van der Waals surface area contributed by atoms with Crippen LogP contribution in [-0.4, -0.2) is 30.5 Å². The molecule has 0 aromatic carbocycles. The Kier molecular flexibility index (Phi) is 4.22. The van der Waals surface area contributed by atoms with E-state index in [9.17, 15) is 4.79 Å². The van der Waals surface area contributed by atoms with E-state index < -0.39 is 0 Å². The van der Waals surface area contributed by atoms with Crippen molar-refractivity contribution in [3.63, 3.8) is 0 Å². The number of rotatable bonds is 5. The summed E-state index contributed by atoms with van der Waals surface area (Å²) in [7, 11) is 0. The van der Waals surface area contributed by atoms with Crippen LogP contribution < -0.4 is 5.32 Å². The Morgan fingerprint density at radius 2 is 2.00 bits per heavy atom. The summed E-state index contributed by atoms with van der Waals surface area (Å²) in [6, 6.07) is 0. The zero-order valence-corrected chi connectivity index (χ0v) is 12.3. The third-order valence-corrected chi connectivity index (χ3v) is 4.95. The van der Waals surface area contributed by atoms with E-state index in [0.717, 1.165) is 13.0 Å². The molecule has 0 spiro atoms. The summed E-state index contributed by atoms with van der Waals surface area (Å²) in [6.45, 7) is 6.92. The van der Waals surface area contributed by atoms with Gasteiger partial charge in [-0.25, -0.2) is 0 Å². The van der Waals surface area contributed by atoms with E-state index in [1.807, 2.05) is 13.8 Å². The Morgan fingerprint density at radius 1 is 1.33 bits per heavy atom. The fourth-order valence-electron chi connectivity index (χ4n) is 3.00. The molecule has 4 heteroatoms. The molecule has 4 unspecified atom stereocenters. The standard InChI is InChI=1S/C14H24ClNO2/c1-9-10(2)18-11(3)12(9)13(17)16-8-14(4-5-14)6-7-15/h9-12H,4-8H2,1-3H3,(H,16,17). The lowest BCUT2D eigenvalue weighted by atomic mass is 9.88. The summed E-state index contributed by atoms with van der Waals surface area (Å²) < 4.78 is 5.72. The van der Waals surface area contributed by atoms with E-state index in [0.29, 0.717) is 17.2 Å². The number of nitrogens with one attached hydrogen (secondary N) is 1. The highest BCUT2D eigenvalue weighted by atomic mass is 35.5. The number of hydrogen-bond acceptors (Lipinski definition) is 2. The molecule has 1 heterocycles. The third kappa shape index (κ3) is 2.83. The molecule has 1 aliphatic heterocycles. The van der Waals surface area contributed by atoms with Crippen molar-refractivity contribution in [3.05, 3.63) is 0 Å². The second-order valence-corrected chi connectivity index (χ2v) is 6.47. The summed E-state index contributed by atoms with van der Waals surface area (Å²) in [5.74, 6) is 1.13. The van der Waals surface area contributed by atoms with E-state index in [-0.39, 0.29) is 24.0 Å². The number of carbonyl (C=O) groups is 1. The highest BCUT2D eigenvalue weighted by Crippen LogP contribution is 2.48. The Labute approximate surface area is 115 Å². The van der Waals surface area contributed by atoms with Gasteiger partial charge in [0.25, 0.3) is 0 Å². The van der Waals surface area contributed by atoms with Gasteiger partial charge in [0.05, 0.1) is 18.1 Å². The van der Waals surface area contributed by atoms with Gasteiger partial charge in [-0.05, 0) is 44.4 Å². The van der Waals surface area contributed by atoms with Gasteiger partial charge in [-0.3, -0.25) is 4.79 Å². The fraction of sp³-hybridized carbons (Fsp3) is 0.929. The highest BCUT2D eigenvalue weighted by molar-refractivity contribution is 6.17. The van der Waals surface area contributed by atoms with Gasteiger partial charge in [0.15, 0.2) is 0 Å². The predicted octanol–water partition coefficient (Wildman–Crippen LogP) is 2.57. The summed E-state index contributed by atoms with van der Waals surface area (Å²) >= 11 is 5.80. The Balaban J connectivity index is 1.85. The van der Waals surface area contributed by atoms with Gasteiger partial charge >= 0.3 is 0 Å². The number of halogens is 1. The molecule has 4 atom stereocenters. The van der Waals surface area contributed by atoms with Gasteiger partial charge in [-0.15, -0.1) is 11.6 Å². The molecule has 3 nitrogen and oxygen atoms in total. The van der Waals surface area contributed by atoms with Crippen LogP contribution in [0.15, 0.2) is 0 Å². The summed E-state index contributed by atoms with van der Waals surface area (Å²) in [5.41, 5.74) is 0.301. The van der Waals surface area contributed by atoms with Crippen LogP contribution in [0.3, 0.4) is 0 Å². The van der Waals surface area contributed by atoms with Crippen molar-refractivity contribution in [1.29, 1.82) is 0 Å². The van der Waals surface area contributed by atoms with E-state index >= 15 is 0 Å². The van der Waals surface area contributed by atoms with Crippen LogP contribution in [0.4, 0.5) is 0 Å². The van der Waals surface area contributed by atoms with Crippen LogP contribution in [0.2, 0.25) is 0 Å². The van der Waals surface area contributed by atoms with Gasteiger partial charge in [-0.1, -0.05) is 6.92 Å². The average molecular weight is 274 g/mol. The Bertz CT molecular complexity index is 317. The second-order valence-electron chi connectivity index (χ2n) is 6.09. The lowest BCUT2D eigenvalue weighted by Gasteiger charge is -2.20. The Morgan fingerprint density at radius 3 is 2.44 bits per heavy atom. The minimum atomic E-state index is -0.00759. The summed E-state index contributed by atoms with van der Waals surface area (Å²) in [6.07, 6.45) is 3.61. The Hall–Kier alpha value is -0.280. The molecule has 1 N–H and O–H groups in total. The molecule has 2 rings (SSSR count). The van der Waals surface area contributed by atoms with Gasteiger partial charge in [0, 0.05) is 12.4 Å². The molecular formula is C14H24ClNO2. The van der Waals surface area contributed by atoms with Crippen molar-refractivity contribution < 1.29 is 9.53 Å². The van der Waals surface area contributed by atoms with E-state index in [4.69, 9.17) is 16.3 Å². The topological polar surface area (TPSA) is 38.3 Å². The minimum absolute atomic E-state index is 0.00759. The lowest BCUT2D eigenvalue weighted by molar-refractivity contribution is -0.127. The number of alkyl halides is 1. The quantitative estimate of drug-likeness (QED) is 0.782. The first-order chi connectivity index (χ1) is 8.49. The lowest BCUT2D eigenvalue weighted by Crippen LogP contribution is -2.40. The maximum atomic E-state index is 12.3. The van der Waals surface area contributed by atoms with Crippen LogP contribution in [0.5, 0.6) is 0 Å². The van der Waals surface area contributed by atoms with Crippen molar-refractivity contribution in [2.75, 3.05) is 12.4 Å². The molecule has 1 saturated carbocycles. The summed E-state index contributed by atoms with van der Waals surface area (Å²) in [4.78, 5) is 12.3. The molecule has 104 valence electrons. The van der Waals surface area contributed by atoms with E-state index in [1.165, 1.54) is 12.8 Å². The van der Waals surface area contributed by atoms with Crippen LogP contribution in [0, 0.1) is 17.3 Å². The first-order valence-electron chi connectivity index (χ1n) is 6.98. The predicted molar refractivity (Wildman–Crippen MR) is 72.7 cm³/mol. The molecule has 1 aliphatic carbocycles. The van der Waals surface area contributed by atoms with Crippen molar-refractivity contribution in [3.8, 4) is 0 Å². The van der Waals surface area contributed by atoms with Crippen molar-refractivity contribution >= 4 is 17.5 Å². The molecule has 2 aliphatic rings.